The predicted octanol–water partition coefficient (Wildman–Crippen LogP) is 2.03. The molecule has 3 N–H and O–H groups in total. The van der Waals surface area contributed by atoms with E-state index in [-0.39, 0.29) is 5.13 Å². The maximum atomic E-state index is 12.7. The van der Waals surface area contributed by atoms with Crippen LogP contribution in [0, 0.1) is 5.13 Å². The van der Waals surface area contributed by atoms with Gasteiger partial charge in [0.15, 0.2) is 5.13 Å². The molecule has 0 saturated carbocycles. The number of hydrogen-bond acceptors (Lipinski definition) is 4. The summed E-state index contributed by atoms with van der Waals surface area (Å²) < 4.78 is 12.7. The summed E-state index contributed by atoms with van der Waals surface area (Å²) in [6.07, 6.45) is 3.58. The number of thiophene rings is 1. The predicted molar refractivity (Wildman–Crippen MR) is 71.3 cm³/mol. The van der Waals surface area contributed by atoms with Crippen LogP contribution < -0.4 is 16.0 Å². The molecule has 0 spiro atoms. The van der Waals surface area contributed by atoms with E-state index in [0.717, 1.165) is 49.5 Å². The van der Waals surface area contributed by atoms with Crippen molar-refractivity contribution in [2.45, 2.75) is 25.3 Å². The van der Waals surface area contributed by atoms with E-state index in [0.29, 0.717) is 6.04 Å². The lowest BCUT2D eigenvalue weighted by atomic mass is 10.1. The van der Waals surface area contributed by atoms with E-state index in [1.165, 1.54) is 13.0 Å². The van der Waals surface area contributed by atoms with Crippen LogP contribution in [0.1, 0.15) is 19.3 Å². The van der Waals surface area contributed by atoms with Crippen molar-refractivity contribution >= 4 is 17.0 Å². The number of hydrogen-bond donors (Lipinski definition) is 3. The number of halogens is 1. The molecule has 0 radical (unpaired) electrons. The molecule has 0 bridgehead atoms. The van der Waals surface area contributed by atoms with Crippen molar-refractivity contribution in [3.63, 3.8) is 0 Å². The van der Waals surface area contributed by atoms with Gasteiger partial charge in [-0.3, -0.25) is 0 Å². The molecule has 1 aromatic heterocycles. The van der Waals surface area contributed by atoms with Gasteiger partial charge in [-0.05, 0) is 32.4 Å². The van der Waals surface area contributed by atoms with Gasteiger partial charge in [0.2, 0.25) is 0 Å². The first-order valence-electron chi connectivity index (χ1n) is 6.26. The Labute approximate surface area is 106 Å². The van der Waals surface area contributed by atoms with Crippen molar-refractivity contribution in [2.24, 2.45) is 0 Å². The maximum absolute atomic E-state index is 12.7. The minimum absolute atomic E-state index is 0.123. The first-order chi connectivity index (χ1) is 8.34. The maximum Gasteiger partial charge on any atom is 0.178 e. The molecule has 5 heteroatoms. The lowest BCUT2D eigenvalue weighted by molar-refractivity contribution is 0.353. The second kappa shape index (κ2) is 6.93. The normalized spacial score (nSPS) is 19.0. The third-order valence-electron chi connectivity index (χ3n) is 2.99. The van der Waals surface area contributed by atoms with Gasteiger partial charge in [0, 0.05) is 36.3 Å². The highest BCUT2D eigenvalue weighted by Gasteiger charge is 2.14. The molecule has 1 saturated heterocycles. The Hall–Kier alpha value is -0.650. The Morgan fingerprint density at radius 2 is 2.24 bits per heavy atom. The molecule has 0 unspecified atom stereocenters. The summed E-state index contributed by atoms with van der Waals surface area (Å²) in [4.78, 5) is 0. The largest absolute Gasteiger partial charge is 0.384 e. The van der Waals surface area contributed by atoms with Gasteiger partial charge in [0.1, 0.15) is 0 Å². The van der Waals surface area contributed by atoms with Gasteiger partial charge < -0.3 is 16.0 Å². The van der Waals surface area contributed by atoms with Crippen LogP contribution in [0.3, 0.4) is 0 Å². The zero-order valence-corrected chi connectivity index (χ0v) is 10.8. The standard InChI is InChI=1S/C12H20FN3S/c13-12-7-11(9-17-12)15-5-2-1-4-14-8-10-3-6-16-10/h7,9-10,14-16H,1-6,8H2/t10-/m1/s1. The minimum atomic E-state index is -0.123. The van der Waals surface area contributed by atoms with Crippen LogP contribution in [0.2, 0.25) is 0 Å². The van der Waals surface area contributed by atoms with Crippen molar-refractivity contribution in [3.05, 3.63) is 16.6 Å². The quantitative estimate of drug-likeness (QED) is 0.624. The smallest absolute Gasteiger partial charge is 0.178 e. The van der Waals surface area contributed by atoms with Crippen molar-refractivity contribution in [3.8, 4) is 0 Å². The summed E-state index contributed by atoms with van der Waals surface area (Å²) in [6.45, 7) is 4.24. The van der Waals surface area contributed by atoms with Crippen molar-refractivity contribution < 1.29 is 4.39 Å². The van der Waals surface area contributed by atoms with Crippen LogP contribution in [-0.2, 0) is 0 Å². The molecule has 1 fully saturated rings. The Balaban J connectivity index is 1.41. The zero-order valence-electron chi connectivity index (χ0n) is 9.97. The fraction of sp³-hybridized carbons (Fsp3) is 0.667. The second-order valence-corrected chi connectivity index (χ2v) is 5.28. The van der Waals surface area contributed by atoms with E-state index < -0.39 is 0 Å². The molecule has 17 heavy (non-hydrogen) atoms. The SMILES string of the molecule is Fc1cc(NCCCCNC[C@H]2CCN2)cs1. The van der Waals surface area contributed by atoms with E-state index in [1.807, 2.05) is 5.38 Å². The van der Waals surface area contributed by atoms with Gasteiger partial charge >= 0.3 is 0 Å². The number of rotatable bonds is 8. The van der Waals surface area contributed by atoms with E-state index in [9.17, 15) is 4.39 Å². The van der Waals surface area contributed by atoms with Crippen molar-refractivity contribution in [2.75, 3.05) is 31.5 Å². The molecule has 0 aromatic carbocycles. The average molecular weight is 257 g/mol. The highest BCUT2D eigenvalue weighted by atomic mass is 32.1. The number of nitrogens with one attached hydrogen (secondary N) is 3. The first kappa shape index (κ1) is 12.8. The molecular weight excluding hydrogens is 237 g/mol. The van der Waals surface area contributed by atoms with Gasteiger partial charge in [-0.1, -0.05) is 0 Å². The molecule has 2 heterocycles. The number of anilines is 1. The Morgan fingerprint density at radius 3 is 2.88 bits per heavy atom. The summed E-state index contributed by atoms with van der Waals surface area (Å²) in [6, 6.07) is 2.24. The average Bonchev–Trinajstić information content (AvgIpc) is 2.65. The highest BCUT2D eigenvalue weighted by molar-refractivity contribution is 7.08. The first-order valence-corrected chi connectivity index (χ1v) is 7.14. The summed E-state index contributed by atoms with van der Waals surface area (Å²) in [7, 11) is 0. The van der Waals surface area contributed by atoms with Crippen molar-refractivity contribution in [1.29, 1.82) is 0 Å². The summed E-state index contributed by atoms with van der Waals surface area (Å²) in [5.41, 5.74) is 0.902. The summed E-state index contributed by atoms with van der Waals surface area (Å²) in [5.74, 6) is 0. The minimum Gasteiger partial charge on any atom is -0.384 e. The van der Waals surface area contributed by atoms with Crippen LogP contribution >= 0.6 is 11.3 Å². The summed E-state index contributed by atoms with van der Waals surface area (Å²) in [5, 5.41) is 11.7. The van der Waals surface area contributed by atoms with E-state index in [4.69, 9.17) is 0 Å². The molecule has 0 aliphatic carbocycles. The molecule has 1 aliphatic heterocycles. The number of unbranched alkanes of at least 4 members (excludes halogenated alkanes) is 1. The zero-order chi connectivity index (χ0) is 11.9. The van der Waals surface area contributed by atoms with Gasteiger partial charge in [0.25, 0.3) is 0 Å². The molecule has 3 nitrogen and oxygen atoms in total. The van der Waals surface area contributed by atoms with Gasteiger partial charge in [-0.25, -0.2) is 0 Å². The van der Waals surface area contributed by atoms with Crippen LogP contribution in [0.5, 0.6) is 0 Å². The third kappa shape index (κ3) is 4.61. The molecule has 1 aliphatic rings. The van der Waals surface area contributed by atoms with Crippen LogP contribution in [0.25, 0.3) is 0 Å². The lowest BCUT2D eigenvalue weighted by Gasteiger charge is -2.27. The topological polar surface area (TPSA) is 36.1 Å². The molecular formula is C12H20FN3S. The molecule has 2 rings (SSSR count). The van der Waals surface area contributed by atoms with Gasteiger partial charge in [0.05, 0.1) is 0 Å². The molecule has 1 aromatic rings. The van der Waals surface area contributed by atoms with E-state index in [1.54, 1.807) is 6.07 Å². The van der Waals surface area contributed by atoms with Crippen LogP contribution in [0.4, 0.5) is 10.1 Å². The van der Waals surface area contributed by atoms with Crippen molar-refractivity contribution in [1.82, 2.24) is 10.6 Å². The molecule has 0 amide bonds. The highest BCUT2D eigenvalue weighted by Crippen LogP contribution is 2.16. The van der Waals surface area contributed by atoms with E-state index >= 15 is 0 Å². The monoisotopic (exact) mass is 257 g/mol. The van der Waals surface area contributed by atoms with E-state index in [2.05, 4.69) is 16.0 Å². The van der Waals surface area contributed by atoms with Gasteiger partial charge in [-0.15, -0.1) is 11.3 Å². The fourth-order valence-corrected chi connectivity index (χ4v) is 2.40. The van der Waals surface area contributed by atoms with Gasteiger partial charge in [-0.2, -0.15) is 4.39 Å². The lowest BCUT2D eigenvalue weighted by Crippen LogP contribution is -2.49. The fourth-order valence-electron chi connectivity index (χ4n) is 1.81. The van der Waals surface area contributed by atoms with Crippen LogP contribution in [0.15, 0.2) is 11.4 Å². The molecule has 96 valence electrons. The van der Waals surface area contributed by atoms with Crippen LogP contribution in [-0.4, -0.2) is 32.2 Å². The Morgan fingerprint density at radius 1 is 1.41 bits per heavy atom. The Kier molecular flexibility index (Phi) is 5.22. The molecule has 1 atom stereocenters. The Bertz CT molecular complexity index is 325. The third-order valence-corrected chi connectivity index (χ3v) is 3.71. The second-order valence-electron chi connectivity index (χ2n) is 4.42. The summed E-state index contributed by atoms with van der Waals surface area (Å²) >= 11 is 1.14.